The van der Waals surface area contributed by atoms with Crippen LogP contribution in [0, 0.1) is 11.8 Å². The highest BCUT2D eigenvalue weighted by Crippen LogP contribution is 2.31. The van der Waals surface area contributed by atoms with Gasteiger partial charge in [-0.3, -0.25) is 9.59 Å². The lowest BCUT2D eigenvalue weighted by molar-refractivity contribution is -0.140. The number of amides is 2. The van der Waals surface area contributed by atoms with Gasteiger partial charge in [0.15, 0.2) is 0 Å². The Morgan fingerprint density at radius 2 is 1.86 bits per heavy atom. The number of likely N-dealkylation sites (tertiary alicyclic amines) is 1. The first-order valence-electron chi connectivity index (χ1n) is 8.44. The van der Waals surface area contributed by atoms with Gasteiger partial charge in [-0.25, -0.2) is 0 Å². The Bertz CT molecular complexity index is 414. The second-order valence-corrected chi connectivity index (χ2v) is 7.14. The molecule has 5 nitrogen and oxygen atoms in total. The lowest BCUT2D eigenvalue weighted by atomic mass is 9.92. The molecular formula is C16H27N3O2. The molecule has 0 radical (unpaired) electrons. The van der Waals surface area contributed by atoms with Crippen molar-refractivity contribution >= 4 is 11.8 Å². The Morgan fingerprint density at radius 3 is 2.52 bits per heavy atom. The van der Waals surface area contributed by atoms with Gasteiger partial charge in [-0.2, -0.15) is 0 Å². The molecule has 1 heterocycles. The van der Waals surface area contributed by atoms with Gasteiger partial charge >= 0.3 is 0 Å². The maximum absolute atomic E-state index is 12.6. The van der Waals surface area contributed by atoms with Crippen LogP contribution in [-0.4, -0.2) is 41.9 Å². The number of nitrogens with two attached hydrogens (primary N) is 1. The van der Waals surface area contributed by atoms with Crippen molar-refractivity contribution in [2.24, 2.45) is 17.6 Å². The van der Waals surface area contributed by atoms with Crippen LogP contribution in [0.1, 0.15) is 51.4 Å². The molecule has 21 heavy (non-hydrogen) atoms. The highest BCUT2D eigenvalue weighted by atomic mass is 16.2. The minimum atomic E-state index is -0.660. The Labute approximate surface area is 126 Å². The molecule has 3 N–H and O–H groups in total. The molecular weight excluding hydrogens is 266 g/mol. The van der Waals surface area contributed by atoms with Crippen LogP contribution in [0.15, 0.2) is 0 Å². The number of hydrogen-bond donors (Lipinski definition) is 2. The average Bonchev–Trinajstić information content (AvgIpc) is 3.24. The molecule has 0 spiro atoms. The molecule has 2 aliphatic carbocycles. The molecule has 1 aliphatic heterocycles. The van der Waals surface area contributed by atoms with E-state index >= 15 is 0 Å². The minimum Gasteiger partial charge on any atom is -0.356 e. The number of nitrogens with one attached hydrogen (secondary N) is 1. The van der Waals surface area contributed by atoms with Gasteiger partial charge in [0.05, 0.1) is 11.5 Å². The van der Waals surface area contributed by atoms with Gasteiger partial charge in [-0.1, -0.05) is 12.8 Å². The molecule has 1 atom stereocenters. The third-order valence-corrected chi connectivity index (χ3v) is 5.26. The monoisotopic (exact) mass is 293 g/mol. The molecule has 5 heteroatoms. The smallest absolute Gasteiger partial charge is 0.242 e. The van der Waals surface area contributed by atoms with E-state index in [2.05, 4.69) is 5.32 Å². The lowest BCUT2D eigenvalue weighted by Crippen LogP contribution is -2.56. The van der Waals surface area contributed by atoms with E-state index in [0.717, 1.165) is 51.6 Å². The summed E-state index contributed by atoms with van der Waals surface area (Å²) >= 11 is 0. The van der Waals surface area contributed by atoms with Gasteiger partial charge < -0.3 is 16.0 Å². The molecule has 0 aromatic heterocycles. The minimum absolute atomic E-state index is 0.0496. The van der Waals surface area contributed by atoms with Crippen molar-refractivity contribution < 1.29 is 9.59 Å². The molecule has 0 aromatic rings. The molecule has 0 aromatic carbocycles. The Kier molecular flexibility index (Phi) is 4.20. The zero-order chi connectivity index (χ0) is 14.9. The molecule has 1 saturated heterocycles. The summed E-state index contributed by atoms with van der Waals surface area (Å²) in [5, 5.41) is 3.04. The van der Waals surface area contributed by atoms with Crippen molar-refractivity contribution in [3.05, 3.63) is 0 Å². The van der Waals surface area contributed by atoms with Crippen LogP contribution < -0.4 is 11.1 Å². The Hall–Kier alpha value is -1.10. The second-order valence-electron chi connectivity index (χ2n) is 7.14. The fourth-order valence-corrected chi connectivity index (χ4v) is 3.62. The molecule has 2 saturated carbocycles. The second kappa shape index (κ2) is 5.95. The molecule has 118 valence electrons. The molecule has 2 amide bonds. The molecule has 3 rings (SSSR count). The van der Waals surface area contributed by atoms with E-state index in [0.29, 0.717) is 12.5 Å². The van der Waals surface area contributed by atoms with E-state index in [-0.39, 0.29) is 17.7 Å². The predicted octanol–water partition coefficient (Wildman–Crippen LogP) is 1.02. The van der Waals surface area contributed by atoms with Crippen LogP contribution in [0.25, 0.3) is 0 Å². The fourth-order valence-electron chi connectivity index (χ4n) is 3.62. The quantitative estimate of drug-likeness (QED) is 0.812. The van der Waals surface area contributed by atoms with Crippen LogP contribution >= 0.6 is 0 Å². The summed E-state index contributed by atoms with van der Waals surface area (Å²) in [5.74, 6) is 0.837. The first kappa shape index (κ1) is 14.8. The van der Waals surface area contributed by atoms with Crippen LogP contribution in [-0.2, 0) is 9.59 Å². The van der Waals surface area contributed by atoms with Gasteiger partial charge in [0.1, 0.15) is 0 Å². The summed E-state index contributed by atoms with van der Waals surface area (Å²) in [4.78, 5) is 26.7. The van der Waals surface area contributed by atoms with Crippen molar-refractivity contribution in [1.82, 2.24) is 10.2 Å². The van der Waals surface area contributed by atoms with Crippen molar-refractivity contribution in [3.63, 3.8) is 0 Å². The topological polar surface area (TPSA) is 75.4 Å². The highest BCUT2D eigenvalue weighted by Gasteiger charge is 2.41. The summed E-state index contributed by atoms with van der Waals surface area (Å²) in [7, 11) is 0. The standard InChI is InChI=1S/C16H27N3O2/c17-16(7-1-2-8-16)15(21)19-9-3-4-13(11-19)14(20)18-10-12-5-6-12/h12-13H,1-11,17H2,(H,18,20). The number of rotatable bonds is 4. The Morgan fingerprint density at radius 1 is 1.14 bits per heavy atom. The van der Waals surface area contributed by atoms with Crippen LogP contribution in [0.4, 0.5) is 0 Å². The zero-order valence-corrected chi connectivity index (χ0v) is 12.8. The van der Waals surface area contributed by atoms with Crippen LogP contribution in [0.3, 0.4) is 0 Å². The normalized spacial score (nSPS) is 28.4. The fraction of sp³-hybridized carbons (Fsp3) is 0.875. The van der Waals surface area contributed by atoms with Gasteiger partial charge in [0, 0.05) is 19.6 Å². The number of nitrogens with zero attached hydrogens (tertiary/aromatic N) is 1. The zero-order valence-electron chi connectivity index (χ0n) is 12.8. The van der Waals surface area contributed by atoms with Gasteiger partial charge in [0.2, 0.25) is 11.8 Å². The van der Waals surface area contributed by atoms with E-state index in [4.69, 9.17) is 5.73 Å². The van der Waals surface area contributed by atoms with Gasteiger partial charge in [-0.15, -0.1) is 0 Å². The van der Waals surface area contributed by atoms with E-state index in [9.17, 15) is 9.59 Å². The molecule has 3 fully saturated rings. The van der Waals surface area contributed by atoms with Crippen molar-refractivity contribution in [2.75, 3.05) is 19.6 Å². The lowest BCUT2D eigenvalue weighted by Gasteiger charge is -2.37. The van der Waals surface area contributed by atoms with Gasteiger partial charge in [-0.05, 0) is 44.4 Å². The van der Waals surface area contributed by atoms with Crippen molar-refractivity contribution in [3.8, 4) is 0 Å². The van der Waals surface area contributed by atoms with Crippen molar-refractivity contribution in [2.45, 2.75) is 56.9 Å². The van der Waals surface area contributed by atoms with Crippen molar-refractivity contribution in [1.29, 1.82) is 0 Å². The number of carbonyl (C=O) groups excluding carboxylic acids is 2. The highest BCUT2D eigenvalue weighted by molar-refractivity contribution is 5.87. The summed E-state index contributed by atoms with van der Waals surface area (Å²) in [6.07, 6.45) is 7.95. The van der Waals surface area contributed by atoms with E-state index < -0.39 is 5.54 Å². The first-order chi connectivity index (χ1) is 10.1. The third kappa shape index (κ3) is 3.39. The van der Waals surface area contributed by atoms with Gasteiger partial charge in [0.25, 0.3) is 0 Å². The summed E-state index contributed by atoms with van der Waals surface area (Å²) in [5.41, 5.74) is 5.61. The van der Waals surface area contributed by atoms with Crippen LogP contribution in [0.2, 0.25) is 0 Å². The summed E-state index contributed by atoms with van der Waals surface area (Å²) in [6.45, 7) is 2.11. The number of hydrogen-bond acceptors (Lipinski definition) is 3. The molecule has 3 aliphatic rings. The van der Waals surface area contributed by atoms with E-state index in [1.165, 1.54) is 12.8 Å². The SMILES string of the molecule is NC1(C(=O)N2CCCC(C(=O)NCC3CC3)C2)CCCC1. The number of piperidine rings is 1. The third-order valence-electron chi connectivity index (χ3n) is 5.26. The average molecular weight is 293 g/mol. The summed E-state index contributed by atoms with van der Waals surface area (Å²) in [6, 6.07) is 0. The Balaban J connectivity index is 1.54. The largest absolute Gasteiger partial charge is 0.356 e. The summed E-state index contributed by atoms with van der Waals surface area (Å²) < 4.78 is 0. The molecule has 0 bridgehead atoms. The maximum atomic E-state index is 12.6. The first-order valence-corrected chi connectivity index (χ1v) is 8.44. The van der Waals surface area contributed by atoms with E-state index in [1.807, 2.05) is 4.90 Å². The van der Waals surface area contributed by atoms with E-state index in [1.54, 1.807) is 0 Å². The predicted molar refractivity (Wildman–Crippen MR) is 80.4 cm³/mol. The molecule has 1 unspecified atom stereocenters. The number of carbonyl (C=O) groups is 2. The maximum Gasteiger partial charge on any atom is 0.242 e. The van der Waals surface area contributed by atoms with Crippen LogP contribution in [0.5, 0.6) is 0 Å².